The summed E-state index contributed by atoms with van der Waals surface area (Å²) in [6, 6.07) is 20.2. The molecule has 12 N–H and O–H groups in total. The fourth-order valence-electron chi connectivity index (χ4n) is 4.78. The van der Waals surface area contributed by atoms with Crippen molar-refractivity contribution in [3.05, 3.63) is 60.7 Å². The highest BCUT2D eigenvalue weighted by Crippen LogP contribution is 2.53. The quantitative estimate of drug-likeness (QED) is 0.0170. The molecule has 0 aliphatic carbocycles. The molecule has 2 rings (SSSR count). The third-order valence-electron chi connectivity index (χ3n) is 7.29. The van der Waals surface area contributed by atoms with Crippen LogP contribution in [-0.2, 0) is 0 Å². The number of benzene rings is 2. The molecule has 0 saturated heterocycles. The number of hydrogen-bond donors (Lipinski definition) is 8. The molecule has 16 heteroatoms. The molecule has 2 aromatic rings. The van der Waals surface area contributed by atoms with Crippen LogP contribution >= 0.6 is 61.3 Å². The summed E-state index contributed by atoms with van der Waals surface area (Å²) >= 11 is 0. The Morgan fingerprint density at radius 3 is 1.29 bits per heavy atom. The van der Waals surface area contributed by atoms with Crippen molar-refractivity contribution in [2.24, 2.45) is 22.9 Å². The fourth-order valence-corrected chi connectivity index (χ4v) is 16.2. The summed E-state index contributed by atoms with van der Waals surface area (Å²) < 4.78 is 4.94. The lowest BCUT2D eigenvalue weighted by Crippen LogP contribution is -2.60. The Kier molecular flexibility index (Phi) is 25.2. The topological polar surface area (TPSA) is 159 Å². The smallest absolute Gasteiger partial charge is 0.141 e. The highest BCUT2D eigenvalue weighted by molar-refractivity contribution is 9.41. The Balaban J connectivity index is 1.76. The third kappa shape index (κ3) is 20.6. The Bertz CT molecular complexity index is 955. The van der Waals surface area contributed by atoms with Crippen LogP contribution in [-0.4, -0.2) is 72.5 Å². The minimum atomic E-state index is -0.706. The van der Waals surface area contributed by atoms with Gasteiger partial charge in [-0.1, -0.05) is 63.1 Å². The van der Waals surface area contributed by atoms with Gasteiger partial charge >= 0.3 is 0 Å². The average Bonchev–Trinajstić information content (AvgIpc) is 3.09. The van der Waals surface area contributed by atoms with Crippen molar-refractivity contribution < 1.29 is 0 Å². The average molecular weight is 777 g/mol. The minimum Gasteiger partial charge on any atom is -0.355 e. The first-order valence-corrected chi connectivity index (χ1v) is 24.4. The largest absolute Gasteiger partial charge is 0.355 e. The summed E-state index contributed by atoms with van der Waals surface area (Å²) in [6.07, 6.45) is 8.21. The van der Waals surface area contributed by atoms with E-state index in [1.807, 2.05) is 122 Å². The summed E-state index contributed by atoms with van der Waals surface area (Å²) in [5.41, 5.74) is 27.1. The first-order valence-electron chi connectivity index (χ1n) is 17.0. The number of rotatable bonds is 31. The van der Waals surface area contributed by atoms with E-state index < -0.39 is 11.6 Å². The van der Waals surface area contributed by atoms with Gasteiger partial charge in [0.25, 0.3) is 0 Å². The van der Waals surface area contributed by atoms with Gasteiger partial charge in [-0.05, 0) is 62.8 Å². The number of nitrogens with zero attached hydrogens (tertiary/aromatic N) is 2. The molecule has 0 aliphatic rings. The van der Waals surface area contributed by atoms with Crippen LogP contribution in [0.5, 0.6) is 0 Å². The van der Waals surface area contributed by atoms with Gasteiger partial charge < -0.3 is 22.1 Å². The van der Waals surface area contributed by atoms with Crippen LogP contribution in [0.2, 0.25) is 0 Å². The first-order chi connectivity index (χ1) is 23.3. The molecule has 48 heavy (non-hydrogen) atoms. The van der Waals surface area contributed by atoms with Gasteiger partial charge in [-0.15, -0.1) is 0 Å². The lowest BCUT2D eigenvalue weighted by molar-refractivity contribution is 0.330. The van der Waals surface area contributed by atoms with E-state index >= 15 is 0 Å². The molecule has 0 heterocycles. The highest BCUT2D eigenvalue weighted by Gasteiger charge is 2.25. The van der Waals surface area contributed by atoms with Gasteiger partial charge in [0.1, 0.15) is 11.6 Å². The van der Waals surface area contributed by atoms with Gasteiger partial charge in [0, 0.05) is 125 Å². The second-order valence-corrected chi connectivity index (χ2v) is 20.9. The molecule has 2 aromatic carbocycles. The Morgan fingerprint density at radius 1 is 0.562 bits per heavy atom. The van der Waals surface area contributed by atoms with Crippen molar-refractivity contribution in [3.63, 3.8) is 0 Å². The maximum absolute atomic E-state index is 6.77. The van der Waals surface area contributed by atoms with Crippen molar-refractivity contribution in [2.45, 2.75) is 76.8 Å². The van der Waals surface area contributed by atoms with Crippen LogP contribution in [0.3, 0.4) is 0 Å². The molecule has 10 nitrogen and oxygen atoms in total. The van der Waals surface area contributed by atoms with Crippen LogP contribution in [0.15, 0.2) is 60.7 Å². The summed E-state index contributed by atoms with van der Waals surface area (Å²) in [4.78, 5) is 0. The molecule has 0 radical (unpaired) electrons. The van der Waals surface area contributed by atoms with E-state index in [1.165, 1.54) is 25.7 Å². The van der Waals surface area contributed by atoms with Gasteiger partial charge in [-0.2, -0.15) is 0 Å². The van der Waals surface area contributed by atoms with E-state index in [2.05, 4.69) is 43.7 Å². The van der Waals surface area contributed by atoms with Crippen molar-refractivity contribution in [2.75, 3.05) is 63.0 Å². The molecule has 0 spiro atoms. The lowest BCUT2D eigenvalue weighted by Gasteiger charge is -2.33. The Labute approximate surface area is 313 Å². The number of para-hydroxylation sites is 2. The molecule has 0 aliphatic heterocycles. The predicted molar refractivity (Wildman–Crippen MR) is 225 cm³/mol. The predicted octanol–water partition coefficient (Wildman–Crippen LogP) is 7.10. The van der Waals surface area contributed by atoms with Gasteiger partial charge in [-0.25, -0.2) is 8.61 Å². The summed E-state index contributed by atoms with van der Waals surface area (Å²) in [5.74, 6) is -1.41. The van der Waals surface area contributed by atoms with Crippen LogP contribution in [0.1, 0.15) is 65.2 Å². The van der Waals surface area contributed by atoms with Crippen molar-refractivity contribution in [3.8, 4) is 0 Å². The molecule has 2 atom stereocenters. The maximum Gasteiger partial charge on any atom is 0.141 e. The molecular formula is C32H60N10S6. The van der Waals surface area contributed by atoms with E-state index in [4.69, 9.17) is 22.9 Å². The molecule has 274 valence electrons. The molecule has 0 fully saturated rings. The zero-order valence-corrected chi connectivity index (χ0v) is 33.6. The summed E-state index contributed by atoms with van der Waals surface area (Å²) in [6.45, 7) is 11.0. The van der Waals surface area contributed by atoms with Crippen molar-refractivity contribution in [1.29, 1.82) is 0 Å². The molecule has 2 unspecified atom stereocenters. The number of nitrogens with one attached hydrogen (secondary N) is 4. The third-order valence-corrected chi connectivity index (χ3v) is 18.0. The van der Waals surface area contributed by atoms with E-state index in [-0.39, 0.29) is 0 Å². The number of unbranched alkanes of at least 4 members (excludes halogenated alkanes) is 2. The molecular weight excluding hydrogens is 717 g/mol. The molecule has 0 amide bonds. The molecule has 0 aromatic heterocycles. The summed E-state index contributed by atoms with van der Waals surface area (Å²) in [5, 5.41) is 13.8. The normalized spacial score (nSPS) is 14.2. The zero-order chi connectivity index (χ0) is 34.8. The SMILES string of the molecule is CCCCN(CCCC(N)(NCCN)Nc1ccccc1)SSSSSSN(CCCC)CCCC(N)(NCCN)Nc1ccccc1. The first kappa shape index (κ1) is 44.0. The van der Waals surface area contributed by atoms with Crippen molar-refractivity contribution in [1.82, 2.24) is 19.2 Å². The molecule has 0 saturated carbocycles. The van der Waals surface area contributed by atoms with Gasteiger partial charge in [0.15, 0.2) is 0 Å². The fraction of sp³-hybridized carbons (Fsp3) is 0.625. The highest BCUT2D eigenvalue weighted by atomic mass is 33.9. The van der Waals surface area contributed by atoms with E-state index in [9.17, 15) is 0 Å². The van der Waals surface area contributed by atoms with Gasteiger partial charge in [0.2, 0.25) is 0 Å². The van der Waals surface area contributed by atoms with Crippen LogP contribution in [0, 0.1) is 0 Å². The summed E-state index contributed by atoms with van der Waals surface area (Å²) in [7, 11) is 11.0. The van der Waals surface area contributed by atoms with Crippen LogP contribution in [0.4, 0.5) is 11.4 Å². The number of hydrogen-bond acceptors (Lipinski definition) is 16. The number of nitrogens with two attached hydrogens (primary N) is 4. The second-order valence-electron chi connectivity index (χ2n) is 11.5. The number of anilines is 2. The second kappa shape index (κ2) is 27.5. The zero-order valence-electron chi connectivity index (χ0n) is 28.7. The standard InChI is InChI=1S/C32H60N10S6/c1-3-5-25-41(27-13-19-31(35,37-23-21-33)39-29-15-9-7-10-16-29)43-45-47-48-46-44-42(26-6-4-2)28-14-20-32(36,38-24-22-34)40-30-17-11-8-12-18-30/h7-12,15-18,37-40H,3-6,13-14,19-28,33-36H2,1-2H3. The van der Waals surface area contributed by atoms with Crippen molar-refractivity contribution >= 4 is 72.6 Å². The van der Waals surface area contributed by atoms with E-state index in [1.54, 1.807) is 0 Å². The molecule has 0 bridgehead atoms. The van der Waals surface area contributed by atoms with Gasteiger partial charge in [-0.3, -0.25) is 22.1 Å². The van der Waals surface area contributed by atoms with Gasteiger partial charge in [0.05, 0.1) is 0 Å². The van der Waals surface area contributed by atoms with Crippen LogP contribution in [0.25, 0.3) is 0 Å². The monoisotopic (exact) mass is 776 g/mol. The Morgan fingerprint density at radius 2 is 0.938 bits per heavy atom. The van der Waals surface area contributed by atoms with Crippen LogP contribution < -0.4 is 44.2 Å². The maximum atomic E-state index is 6.77. The minimum absolute atomic E-state index is 0.541. The van der Waals surface area contributed by atoms with E-state index in [0.717, 1.165) is 63.2 Å². The van der Waals surface area contributed by atoms with E-state index in [0.29, 0.717) is 26.2 Å². The lowest BCUT2D eigenvalue weighted by atomic mass is 10.1. The Hall–Kier alpha value is -0.180.